The van der Waals surface area contributed by atoms with Gasteiger partial charge >= 0.3 is 0 Å². The van der Waals surface area contributed by atoms with Gasteiger partial charge in [-0.05, 0) is 6.92 Å². The van der Waals surface area contributed by atoms with Gasteiger partial charge in [0.2, 0.25) is 0 Å². The normalized spacial score (nSPS) is 12.1. The lowest BCUT2D eigenvalue weighted by molar-refractivity contribution is 0.687. The van der Waals surface area contributed by atoms with E-state index in [9.17, 15) is 4.21 Å². The van der Waals surface area contributed by atoms with E-state index < -0.39 is 10.8 Å². The first-order valence-electron chi connectivity index (χ1n) is 4.82. The molecular formula is C9H16N4OS. The van der Waals surface area contributed by atoms with Crippen LogP contribution in [0.5, 0.6) is 0 Å². The van der Waals surface area contributed by atoms with Crippen molar-refractivity contribution in [3.8, 4) is 0 Å². The SMILES string of the molecule is CCNc1cncc(NCCS(C)=O)n1. The summed E-state index contributed by atoms with van der Waals surface area (Å²) in [5.41, 5.74) is 0. The molecule has 0 fully saturated rings. The van der Waals surface area contributed by atoms with Gasteiger partial charge in [0.1, 0.15) is 11.6 Å². The van der Waals surface area contributed by atoms with Gasteiger partial charge < -0.3 is 10.6 Å². The summed E-state index contributed by atoms with van der Waals surface area (Å²) in [6.45, 7) is 3.46. The second-order valence-electron chi connectivity index (χ2n) is 3.02. The molecule has 0 aliphatic rings. The van der Waals surface area contributed by atoms with Crippen LogP contribution in [0.1, 0.15) is 6.92 Å². The molecule has 15 heavy (non-hydrogen) atoms. The number of hydrogen-bond acceptors (Lipinski definition) is 5. The number of hydrogen-bond donors (Lipinski definition) is 2. The quantitative estimate of drug-likeness (QED) is 0.750. The molecule has 0 amide bonds. The lowest BCUT2D eigenvalue weighted by Gasteiger charge is -2.06. The van der Waals surface area contributed by atoms with Crippen molar-refractivity contribution >= 4 is 22.4 Å². The molecule has 1 atom stereocenters. The predicted octanol–water partition coefficient (Wildman–Crippen LogP) is 0.699. The van der Waals surface area contributed by atoms with E-state index in [1.54, 1.807) is 18.6 Å². The minimum absolute atomic E-state index is 0.618. The van der Waals surface area contributed by atoms with Crippen molar-refractivity contribution in [2.24, 2.45) is 0 Å². The lowest BCUT2D eigenvalue weighted by Crippen LogP contribution is -2.11. The van der Waals surface area contributed by atoms with Crippen LogP contribution in [0.25, 0.3) is 0 Å². The molecule has 0 saturated carbocycles. The van der Waals surface area contributed by atoms with Crippen molar-refractivity contribution in [1.82, 2.24) is 9.97 Å². The van der Waals surface area contributed by atoms with E-state index in [-0.39, 0.29) is 0 Å². The smallest absolute Gasteiger partial charge is 0.146 e. The summed E-state index contributed by atoms with van der Waals surface area (Å²) in [5.74, 6) is 2.08. The molecule has 1 aromatic rings. The predicted molar refractivity (Wildman–Crippen MR) is 63.6 cm³/mol. The molecule has 2 N–H and O–H groups in total. The molecular weight excluding hydrogens is 212 g/mol. The highest BCUT2D eigenvalue weighted by Gasteiger charge is 1.97. The maximum atomic E-state index is 10.8. The van der Waals surface area contributed by atoms with Gasteiger partial charge in [-0.2, -0.15) is 0 Å². The molecule has 1 heterocycles. The molecule has 0 radical (unpaired) electrons. The third-order valence-electron chi connectivity index (χ3n) is 1.69. The average Bonchev–Trinajstić information content (AvgIpc) is 2.18. The van der Waals surface area contributed by atoms with Gasteiger partial charge in [-0.25, -0.2) is 4.98 Å². The van der Waals surface area contributed by atoms with Gasteiger partial charge in [0.25, 0.3) is 0 Å². The average molecular weight is 228 g/mol. The number of rotatable bonds is 6. The van der Waals surface area contributed by atoms with Crippen LogP contribution < -0.4 is 10.6 Å². The number of aromatic nitrogens is 2. The summed E-state index contributed by atoms with van der Waals surface area (Å²) in [7, 11) is -0.774. The monoisotopic (exact) mass is 228 g/mol. The molecule has 1 unspecified atom stereocenters. The zero-order valence-corrected chi connectivity index (χ0v) is 9.80. The second-order valence-corrected chi connectivity index (χ2v) is 4.58. The van der Waals surface area contributed by atoms with Crippen molar-refractivity contribution < 1.29 is 4.21 Å². The van der Waals surface area contributed by atoms with Crippen LogP contribution >= 0.6 is 0 Å². The van der Waals surface area contributed by atoms with Crippen LogP contribution in [0.15, 0.2) is 12.4 Å². The highest BCUT2D eigenvalue weighted by Crippen LogP contribution is 2.05. The van der Waals surface area contributed by atoms with Gasteiger partial charge in [-0.3, -0.25) is 9.19 Å². The van der Waals surface area contributed by atoms with Crippen molar-refractivity contribution in [2.75, 3.05) is 35.7 Å². The Morgan fingerprint density at radius 3 is 2.60 bits per heavy atom. The van der Waals surface area contributed by atoms with Crippen molar-refractivity contribution in [3.63, 3.8) is 0 Å². The van der Waals surface area contributed by atoms with Crippen LogP contribution in [0.2, 0.25) is 0 Å². The summed E-state index contributed by atoms with van der Waals surface area (Å²) < 4.78 is 10.8. The van der Waals surface area contributed by atoms with Crippen molar-refractivity contribution in [2.45, 2.75) is 6.92 Å². The Labute approximate surface area is 92.2 Å². The molecule has 1 aromatic heterocycles. The summed E-state index contributed by atoms with van der Waals surface area (Å²) >= 11 is 0. The zero-order chi connectivity index (χ0) is 11.1. The fraction of sp³-hybridized carbons (Fsp3) is 0.556. The maximum Gasteiger partial charge on any atom is 0.146 e. The van der Waals surface area contributed by atoms with Gasteiger partial charge in [0.15, 0.2) is 0 Å². The number of anilines is 2. The zero-order valence-electron chi connectivity index (χ0n) is 8.99. The van der Waals surface area contributed by atoms with Crippen LogP contribution in [0, 0.1) is 0 Å². The van der Waals surface area contributed by atoms with Crippen LogP contribution in [-0.4, -0.2) is 39.3 Å². The van der Waals surface area contributed by atoms with E-state index in [1.807, 2.05) is 6.92 Å². The van der Waals surface area contributed by atoms with Crippen LogP contribution in [0.3, 0.4) is 0 Å². The van der Waals surface area contributed by atoms with E-state index in [4.69, 9.17) is 0 Å². The van der Waals surface area contributed by atoms with Crippen molar-refractivity contribution in [1.29, 1.82) is 0 Å². The molecule has 5 nitrogen and oxygen atoms in total. The van der Waals surface area contributed by atoms with Crippen LogP contribution in [0.4, 0.5) is 11.6 Å². The summed E-state index contributed by atoms with van der Waals surface area (Å²) in [5, 5.41) is 6.14. The van der Waals surface area contributed by atoms with E-state index in [1.165, 1.54) is 0 Å². The Kier molecular flexibility index (Phi) is 5.03. The largest absolute Gasteiger partial charge is 0.369 e. The Hall–Kier alpha value is -1.17. The van der Waals surface area contributed by atoms with E-state index in [0.29, 0.717) is 18.1 Å². The first kappa shape index (κ1) is 11.9. The van der Waals surface area contributed by atoms with E-state index in [0.717, 1.165) is 12.4 Å². The number of nitrogens with one attached hydrogen (secondary N) is 2. The van der Waals surface area contributed by atoms with Gasteiger partial charge in [0.05, 0.1) is 12.4 Å². The summed E-state index contributed by atoms with van der Waals surface area (Å²) in [4.78, 5) is 8.31. The fourth-order valence-electron chi connectivity index (χ4n) is 1.04. The lowest BCUT2D eigenvalue weighted by atomic mass is 10.5. The van der Waals surface area contributed by atoms with Crippen LogP contribution in [-0.2, 0) is 10.8 Å². The second kappa shape index (κ2) is 6.34. The standard InChI is InChI=1S/C9H16N4OS/c1-3-11-8-6-10-7-9(13-8)12-4-5-15(2)14/h6-7H,3-5H2,1-2H3,(H2,11,12,13). The Balaban J connectivity index is 2.46. The van der Waals surface area contributed by atoms with Gasteiger partial charge in [-0.1, -0.05) is 0 Å². The molecule has 84 valence electrons. The summed E-state index contributed by atoms with van der Waals surface area (Å²) in [6.07, 6.45) is 5.01. The molecule has 0 saturated heterocycles. The molecule has 0 aromatic carbocycles. The maximum absolute atomic E-state index is 10.8. The number of nitrogens with zero attached hydrogens (tertiary/aromatic N) is 2. The molecule has 0 spiro atoms. The third-order valence-corrected chi connectivity index (χ3v) is 2.47. The van der Waals surface area contributed by atoms with Gasteiger partial charge in [-0.15, -0.1) is 0 Å². The van der Waals surface area contributed by atoms with E-state index >= 15 is 0 Å². The van der Waals surface area contributed by atoms with Crippen molar-refractivity contribution in [3.05, 3.63) is 12.4 Å². The Bertz CT molecular complexity index is 332. The third kappa shape index (κ3) is 4.73. The Morgan fingerprint density at radius 2 is 2.00 bits per heavy atom. The minimum atomic E-state index is -0.774. The highest BCUT2D eigenvalue weighted by atomic mass is 32.2. The minimum Gasteiger partial charge on any atom is -0.369 e. The summed E-state index contributed by atoms with van der Waals surface area (Å²) in [6, 6.07) is 0. The van der Waals surface area contributed by atoms with Gasteiger partial charge in [0, 0.05) is 35.9 Å². The van der Waals surface area contributed by atoms with E-state index in [2.05, 4.69) is 20.6 Å². The Morgan fingerprint density at radius 1 is 1.33 bits per heavy atom. The topological polar surface area (TPSA) is 66.9 Å². The first-order chi connectivity index (χ1) is 7.22. The molecule has 0 aliphatic heterocycles. The molecule has 6 heteroatoms. The molecule has 0 aliphatic carbocycles. The molecule has 0 bridgehead atoms. The fourth-order valence-corrected chi connectivity index (χ4v) is 1.43. The molecule has 1 rings (SSSR count). The highest BCUT2D eigenvalue weighted by molar-refractivity contribution is 7.84. The first-order valence-corrected chi connectivity index (χ1v) is 6.55.